The van der Waals surface area contributed by atoms with Crippen molar-refractivity contribution in [3.63, 3.8) is 0 Å². The standard InChI is InChI=1S/C11H14ClN3O3/c1-3-18-10(16)6-7-15(2)11(17)8-4-5-9(12)14-13-8/h4-5H,3,6-7H2,1-2H3. The van der Waals surface area contributed by atoms with Crippen LogP contribution in [0.4, 0.5) is 0 Å². The minimum Gasteiger partial charge on any atom is -0.466 e. The predicted octanol–water partition coefficient (Wildman–Crippen LogP) is 1.16. The van der Waals surface area contributed by atoms with Crippen molar-refractivity contribution < 1.29 is 14.3 Å². The number of aromatic nitrogens is 2. The van der Waals surface area contributed by atoms with Gasteiger partial charge in [0.25, 0.3) is 5.91 Å². The second-order valence-electron chi connectivity index (χ2n) is 3.52. The molecule has 0 atom stereocenters. The number of amides is 1. The van der Waals surface area contributed by atoms with Gasteiger partial charge >= 0.3 is 5.97 Å². The van der Waals surface area contributed by atoms with Gasteiger partial charge in [0.1, 0.15) is 0 Å². The molecule has 18 heavy (non-hydrogen) atoms. The van der Waals surface area contributed by atoms with E-state index in [4.69, 9.17) is 16.3 Å². The Kier molecular flexibility index (Phi) is 5.51. The molecule has 0 saturated heterocycles. The molecule has 1 amide bonds. The van der Waals surface area contributed by atoms with Crippen LogP contribution in [0.2, 0.25) is 5.15 Å². The molecule has 0 aliphatic heterocycles. The van der Waals surface area contributed by atoms with Crippen LogP contribution in [-0.2, 0) is 9.53 Å². The summed E-state index contributed by atoms with van der Waals surface area (Å²) < 4.78 is 4.77. The molecule has 0 N–H and O–H groups in total. The van der Waals surface area contributed by atoms with Crippen molar-refractivity contribution in [3.05, 3.63) is 23.0 Å². The van der Waals surface area contributed by atoms with Gasteiger partial charge in [0.15, 0.2) is 10.8 Å². The summed E-state index contributed by atoms with van der Waals surface area (Å²) in [5, 5.41) is 7.48. The van der Waals surface area contributed by atoms with Gasteiger partial charge < -0.3 is 9.64 Å². The number of rotatable bonds is 5. The molecular formula is C11H14ClN3O3. The quantitative estimate of drug-likeness (QED) is 0.752. The van der Waals surface area contributed by atoms with E-state index in [9.17, 15) is 9.59 Å². The van der Waals surface area contributed by atoms with Crippen molar-refractivity contribution in [1.29, 1.82) is 0 Å². The number of ether oxygens (including phenoxy) is 1. The number of hydrogen-bond donors (Lipinski definition) is 0. The Balaban J connectivity index is 2.51. The van der Waals surface area contributed by atoms with E-state index in [2.05, 4.69) is 10.2 Å². The third-order valence-electron chi connectivity index (χ3n) is 2.15. The highest BCUT2D eigenvalue weighted by Crippen LogP contribution is 2.05. The molecule has 6 nitrogen and oxygen atoms in total. The molecule has 0 aliphatic rings. The summed E-state index contributed by atoms with van der Waals surface area (Å²) in [5.41, 5.74) is 0.186. The molecule has 0 spiro atoms. The van der Waals surface area contributed by atoms with Crippen molar-refractivity contribution in [3.8, 4) is 0 Å². The molecule has 0 aliphatic carbocycles. The van der Waals surface area contributed by atoms with Crippen LogP contribution in [0.3, 0.4) is 0 Å². The second kappa shape index (κ2) is 6.90. The van der Waals surface area contributed by atoms with Gasteiger partial charge in [-0.3, -0.25) is 9.59 Å². The maximum absolute atomic E-state index is 11.9. The zero-order valence-corrected chi connectivity index (χ0v) is 11.0. The predicted molar refractivity (Wildman–Crippen MR) is 65.3 cm³/mol. The largest absolute Gasteiger partial charge is 0.466 e. The highest BCUT2D eigenvalue weighted by Gasteiger charge is 2.15. The van der Waals surface area contributed by atoms with E-state index in [1.807, 2.05) is 0 Å². The minimum atomic E-state index is -0.334. The smallest absolute Gasteiger partial charge is 0.307 e. The van der Waals surface area contributed by atoms with Crippen molar-refractivity contribution in [1.82, 2.24) is 15.1 Å². The Morgan fingerprint density at radius 3 is 2.67 bits per heavy atom. The van der Waals surface area contributed by atoms with Gasteiger partial charge in [0, 0.05) is 13.6 Å². The van der Waals surface area contributed by atoms with Crippen molar-refractivity contribution in [2.75, 3.05) is 20.2 Å². The lowest BCUT2D eigenvalue weighted by molar-refractivity contribution is -0.143. The summed E-state index contributed by atoms with van der Waals surface area (Å²) in [6, 6.07) is 2.97. The first-order valence-electron chi connectivity index (χ1n) is 5.45. The first kappa shape index (κ1) is 14.4. The van der Waals surface area contributed by atoms with Gasteiger partial charge in [-0.05, 0) is 19.1 Å². The third kappa shape index (κ3) is 4.29. The van der Waals surface area contributed by atoms with Crippen LogP contribution < -0.4 is 0 Å². The second-order valence-corrected chi connectivity index (χ2v) is 3.91. The molecule has 1 heterocycles. The van der Waals surface area contributed by atoms with Gasteiger partial charge in [-0.15, -0.1) is 10.2 Å². The summed E-state index contributed by atoms with van der Waals surface area (Å²) in [6.07, 6.45) is 0.150. The number of hydrogen-bond acceptors (Lipinski definition) is 5. The Bertz CT molecular complexity index is 422. The van der Waals surface area contributed by atoms with Gasteiger partial charge in [-0.2, -0.15) is 0 Å². The molecule has 0 radical (unpaired) electrons. The Morgan fingerprint density at radius 2 is 2.11 bits per heavy atom. The molecule has 0 saturated carbocycles. The first-order valence-corrected chi connectivity index (χ1v) is 5.82. The van der Waals surface area contributed by atoms with Crippen molar-refractivity contribution in [2.45, 2.75) is 13.3 Å². The zero-order valence-electron chi connectivity index (χ0n) is 10.2. The molecule has 98 valence electrons. The van der Waals surface area contributed by atoms with Crippen LogP contribution in [-0.4, -0.2) is 47.2 Å². The molecule has 1 rings (SSSR count). The minimum absolute atomic E-state index is 0.150. The Hall–Kier alpha value is -1.69. The summed E-state index contributed by atoms with van der Waals surface area (Å²) in [7, 11) is 1.58. The molecule has 0 fully saturated rings. The fourth-order valence-corrected chi connectivity index (χ4v) is 1.32. The van der Waals surface area contributed by atoms with Crippen LogP contribution in [0.5, 0.6) is 0 Å². The molecule has 7 heteroatoms. The van der Waals surface area contributed by atoms with Crippen LogP contribution in [0.15, 0.2) is 12.1 Å². The number of carbonyl (C=O) groups is 2. The summed E-state index contributed by atoms with van der Waals surface area (Å²) >= 11 is 5.57. The first-order chi connectivity index (χ1) is 8.54. The molecule has 0 aromatic carbocycles. The fraction of sp³-hybridized carbons (Fsp3) is 0.455. The molecule has 1 aromatic heterocycles. The van der Waals surface area contributed by atoms with E-state index in [1.54, 1.807) is 14.0 Å². The number of nitrogens with zero attached hydrogens (tertiary/aromatic N) is 3. The van der Waals surface area contributed by atoms with E-state index >= 15 is 0 Å². The third-order valence-corrected chi connectivity index (χ3v) is 2.36. The summed E-state index contributed by atoms with van der Waals surface area (Å²) in [6.45, 7) is 2.33. The van der Waals surface area contributed by atoms with Gasteiger partial charge in [0.2, 0.25) is 0 Å². The lowest BCUT2D eigenvalue weighted by Gasteiger charge is -2.15. The topological polar surface area (TPSA) is 72.4 Å². The zero-order chi connectivity index (χ0) is 13.5. The van der Waals surface area contributed by atoms with E-state index in [0.717, 1.165) is 0 Å². The Labute approximate surface area is 110 Å². The average molecular weight is 272 g/mol. The van der Waals surface area contributed by atoms with E-state index < -0.39 is 0 Å². The molecule has 0 unspecified atom stereocenters. The van der Waals surface area contributed by atoms with E-state index in [-0.39, 0.29) is 35.7 Å². The number of esters is 1. The highest BCUT2D eigenvalue weighted by molar-refractivity contribution is 6.29. The SMILES string of the molecule is CCOC(=O)CCN(C)C(=O)c1ccc(Cl)nn1. The van der Waals surface area contributed by atoms with Crippen LogP contribution in [0.25, 0.3) is 0 Å². The lowest BCUT2D eigenvalue weighted by Crippen LogP contribution is -2.30. The summed E-state index contributed by atoms with van der Waals surface area (Å²) in [5.74, 6) is -0.650. The lowest BCUT2D eigenvalue weighted by atomic mass is 10.3. The molecular weight excluding hydrogens is 258 g/mol. The maximum Gasteiger partial charge on any atom is 0.307 e. The highest BCUT2D eigenvalue weighted by atomic mass is 35.5. The van der Waals surface area contributed by atoms with E-state index in [1.165, 1.54) is 17.0 Å². The summed E-state index contributed by atoms with van der Waals surface area (Å²) in [4.78, 5) is 24.4. The maximum atomic E-state index is 11.9. The monoisotopic (exact) mass is 271 g/mol. The molecule has 0 bridgehead atoms. The van der Waals surface area contributed by atoms with Crippen molar-refractivity contribution >= 4 is 23.5 Å². The van der Waals surface area contributed by atoms with Crippen LogP contribution in [0.1, 0.15) is 23.8 Å². The molecule has 1 aromatic rings. The number of halogens is 1. The Morgan fingerprint density at radius 1 is 1.39 bits per heavy atom. The number of carbonyl (C=O) groups excluding carboxylic acids is 2. The van der Waals surface area contributed by atoms with Crippen LogP contribution >= 0.6 is 11.6 Å². The van der Waals surface area contributed by atoms with Crippen molar-refractivity contribution in [2.24, 2.45) is 0 Å². The van der Waals surface area contributed by atoms with Gasteiger partial charge in [-0.25, -0.2) is 0 Å². The normalized spacial score (nSPS) is 9.94. The van der Waals surface area contributed by atoms with Gasteiger partial charge in [0.05, 0.1) is 13.0 Å². The van der Waals surface area contributed by atoms with Gasteiger partial charge in [-0.1, -0.05) is 11.6 Å². The fourth-order valence-electron chi connectivity index (χ4n) is 1.22. The van der Waals surface area contributed by atoms with E-state index in [0.29, 0.717) is 6.61 Å². The van der Waals surface area contributed by atoms with Crippen LogP contribution in [0, 0.1) is 0 Å². The average Bonchev–Trinajstić information content (AvgIpc) is 2.36.